The Balaban J connectivity index is 0.893. The number of thioether (sulfide) groups is 1. The minimum Gasteiger partial charge on any atom is -0.454 e. The van der Waals surface area contributed by atoms with Gasteiger partial charge >= 0.3 is 0 Å². The van der Waals surface area contributed by atoms with Crippen molar-refractivity contribution in [3.8, 4) is 22.6 Å². The number of aromatic amines is 1. The van der Waals surface area contributed by atoms with Gasteiger partial charge in [-0.3, -0.25) is 9.59 Å². The Morgan fingerprint density at radius 3 is 2.53 bits per heavy atom. The number of amides is 1. The molecule has 0 unspecified atom stereocenters. The number of ether oxygens (including phenoxy) is 2. The minimum absolute atomic E-state index is 0.0908. The fourth-order valence-electron chi connectivity index (χ4n) is 7.08. The largest absolute Gasteiger partial charge is 0.454 e. The number of nitrogens with one attached hydrogen (secondary N) is 2. The molecule has 2 aromatic carbocycles. The van der Waals surface area contributed by atoms with Gasteiger partial charge in [0.05, 0.1) is 6.10 Å². The Kier molecular flexibility index (Phi) is 11.7. The van der Waals surface area contributed by atoms with Crippen LogP contribution in [0.15, 0.2) is 76.7 Å². The van der Waals surface area contributed by atoms with E-state index in [2.05, 4.69) is 25.4 Å². The van der Waals surface area contributed by atoms with Crippen molar-refractivity contribution in [2.45, 2.75) is 74.8 Å². The van der Waals surface area contributed by atoms with Crippen LogP contribution in [0.5, 0.6) is 11.5 Å². The van der Waals surface area contributed by atoms with Gasteiger partial charge in [0.2, 0.25) is 0 Å². The molecule has 2 aliphatic rings. The van der Waals surface area contributed by atoms with Gasteiger partial charge in [-0.1, -0.05) is 19.3 Å². The first-order chi connectivity index (χ1) is 25.8. The van der Waals surface area contributed by atoms with Crippen LogP contribution in [-0.4, -0.2) is 63.3 Å². The van der Waals surface area contributed by atoms with Crippen LogP contribution >= 0.6 is 11.8 Å². The maximum Gasteiger partial charge on any atom is 0.274 e. The van der Waals surface area contributed by atoms with Gasteiger partial charge in [-0.25, -0.2) is 8.78 Å². The number of carbonyl (C=O) groups excluding carboxylic acids is 1. The molecule has 13 heteroatoms. The van der Waals surface area contributed by atoms with Crippen LogP contribution in [0, 0.1) is 11.6 Å². The number of aromatic nitrogens is 4. The summed E-state index contributed by atoms with van der Waals surface area (Å²) >= 11 is 1.70. The highest BCUT2D eigenvalue weighted by Crippen LogP contribution is 2.40. The molecule has 1 amide bonds. The maximum atomic E-state index is 14.6. The minimum atomic E-state index is -0.801. The number of piperidine rings is 1. The first kappa shape index (κ1) is 36.6. The summed E-state index contributed by atoms with van der Waals surface area (Å²) in [6, 6.07) is 14.6. The predicted octanol–water partition coefficient (Wildman–Crippen LogP) is 8.01. The van der Waals surface area contributed by atoms with Gasteiger partial charge in [-0.2, -0.15) is 0 Å². The monoisotopic (exact) mass is 742 g/mol. The maximum absolute atomic E-state index is 14.6. The lowest BCUT2D eigenvalue weighted by Crippen LogP contribution is -2.38. The Labute approximate surface area is 311 Å². The third kappa shape index (κ3) is 8.90. The number of nitrogens with zero attached hydrogens (tertiary/aromatic N) is 4. The van der Waals surface area contributed by atoms with Crippen molar-refractivity contribution < 1.29 is 23.0 Å². The summed E-state index contributed by atoms with van der Waals surface area (Å²) < 4.78 is 41.9. The Hall–Kier alpha value is -4.75. The average Bonchev–Trinajstić information content (AvgIpc) is 3.67. The number of hydrogen-bond donors (Lipinski definition) is 2. The average molecular weight is 743 g/mol. The van der Waals surface area contributed by atoms with Crippen molar-refractivity contribution in [1.29, 1.82) is 0 Å². The van der Waals surface area contributed by atoms with E-state index < -0.39 is 11.6 Å². The van der Waals surface area contributed by atoms with Gasteiger partial charge < -0.3 is 29.2 Å². The number of halogens is 2. The number of pyridine rings is 1. The summed E-state index contributed by atoms with van der Waals surface area (Å²) in [5, 5.41) is 12.4. The topological polar surface area (TPSA) is 114 Å². The molecule has 4 heterocycles. The molecule has 1 saturated heterocycles. The number of aryl methyl sites for hydroxylation is 1. The van der Waals surface area contributed by atoms with E-state index in [-0.39, 0.29) is 29.4 Å². The van der Waals surface area contributed by atoms with Crippen molar-refractivity contribution in [3.63, 3.8) is 0 Å². The number of rotatable bonds is 13. The van der Waals surface area contributed by atoms with Crippen LogP contribution in [-0.2, 0) is 11.8 Å². The van der Waals surface area contributed by atoms with Crippen LogP contribution in [0.1, 0.15) is 68.3 Å². The van der Waals surface area contributed by atoms with Crippen LogP contribution in [0.4, 0.5) is 14.6 Å². The highest BCUT2D eigenvalue weighted by atomic mass is 32.2. The van der Waals surface area contributed by atoms with Gasteiger partial charge in [-0.05, 0) is 92.8 Å². The second-order valence-corrected chi connectivity index (χ2v) is 14.9. The second-order valence-electron chi connectivity index (χ2n) is 13.8. The van der Waals surface area contributed by atoms with Gasteiger partial charge in [0.15, 0.2) is 23.1 Å². The Morgan fingerprint density at radius 1 is 0.943 bits per heavy atom. The van der Waals surface area contributed by atoms with Crippen LogP contribution in [0.2, 0.25) is 0 Å². The molecule has 7 rings (SSSR count). The van der Waals surface area contributed by atoms with Gasteiger partial charge in [0.1, 0.15) is 17.1 Å². The van der Waals surface area contributed by atoms with Gasteiger partial charge in [-0.15, -0.1) is 22.0 Å². The number of unbranched alkanes of at least 4 members (excludes halogenated alkanes) is 1. The molecule has 3 aromatic heterocycles. The summed E-state index contributed by atoms with van der Waals surface area (Å²) in [7, 11) is 1.68. The molecular formula is C40H44F2N6O4S. The number of anilines is 1. The zero-order valence-corrected chi connectivity index (χ0v) is 30.6. The first-order valence-electron chi connectivity index (χ1n) is 18.4. The molecule has 53 heavy (non-hydrogen) atoms. The SMILES string of the molecule is Cn1cc(-c2cc(SCCCCOC3CCN(c4ccc(C(=O)NC5CCCCC5)nn4)CC3)ccc2Oc2ccc(F)cc2F)c2cc[nH]c2c1=O. The van der Waals surface area contributed by atoms with Crippen LogP contribution in [0.3, 0.4) is 0 Å². The molecule has 2 fully saturated rings. The molecule has 1 aliphatic heterocycles. The van der Waals surface area contributed by atoms with E-state index >= 15 is 0 Å². The van der Waals surface area contributed by atoms with Gasteiger partial charge in [0, 0.05) is 72.7 Å². The number of carbonyl (C=O) groups is 1. The van der Waals surface area contributed by atoms with Crippen molar-refractivity contribution in [1.82, 2.24) is 25.1 Å². The highest BCUT2D eigenvalue weighted by molar-refractivity contribution is 7.99. The van der Waals surface area contributed by atoms with E-state index in [1.165, 1.54) is 17.1 Å². The van der Waals surface area contributed by atoms with E-state index in [1.54, 1.807) is 43.3 Å². The normalized spacial score (nSPS) is 15.6. The summed E-state index contributed by atoms with van der Waals surface area (Å²) in [6.07, 6.45) is 13.0. The predicted molar refractivity (Wildman–Crippen MR) is 203 cm³/mol. The Bertz CT molecular complexity index is 2090. The van der Waals surface area contributed by atoms with E-state index in [0.29, 0.717) is 29.1 Å². The zero-order valence-electron chi connectivity index (χ0n) is 29.8. The van der Waals surface area contributed by atoms with Crippen LogP contribution in [0.25, 0.3) is 22.0 Å². The second kappa shape index (κ2) is 16.9. The van der Waals surface area contributed by atoms with E-state index in [9.17, 15) is 18.4 Å². The summed E-state index contributed by atoms with van der Waals surface area (Å²) in [5.74, 6) is 0.325. The molecule has 0 spiro atoms. The summed E-state index contributed by atoms with van der Waals surface area (Å²) in [4.78, 5) is 31.6. The van der Waals surface area contributed by atoms with Crippen LogP contribution < -0.4 is 20.5 Å². The quantitative estimate of drug-likeness (QED) is 0.0922. The zero-order chi connectivity index (χ0) is 36.7. The Morgan fingerprint density at radius 2 is 1.75 bits per heavy atom. The third-order valence-corrected chi connectivity index (χ3v) is 11.1. The molecular weight excluding hydrogens is 699 g/mol. The summed E-state index contributed by atoms with van der Waals surface area (Å²) in [6.45, 7) is 2.33. The van der Waals surface area contributed by atoms with E-state index in [0.717, 1.165) is 104 Å². The van der Waals surface area contributed by atoms with Crippen molar-refractivity contribution in [3.05, 3.63) is 94.7 Å². The lowest BCUT2D eigenvalue weighted by atomic mass is 9.95. The molecule has 2 N–H and O–H groups in total. The molecule has 278 valence electrons. The van der Waals surface area contributed by atoms with E-state index in [4.69, 9.17) is 9.47 Å². The molecule has 0 bridgehead atoms. The van der Waals surface area contributed by atoms with Gasteiger partial charge in [0.25, 0.3) is 11.5 Å². The number of fused-ring (bicyclic) bond motifs is 1. The van der Waals surface area contributed by atoms with Crippen molar-refractivity contribution >= 4 is 34.4 Å². The molecule has 1 saturated carbocycles. The molecule has 1 aliphatic carbocycles. The molecule has 10 nitrogen and oxygen atoms in total. The first-order valence-corrected chi connectivity index (χ1v) is 19.4. The smallest absolute Gasteiger partial charge is 0.274 e. The highest BCUT2D eigenvalue weighted by Gasteiger charge is 2.23. The van der Waals surface area contributed by atoms with Crippen molar-refractivity contribution in [2.75, 3.05) is 30.3 Å². The summed E-state index contributed by atoms with van der Waals surface area (Å²) in [5.41, 5.74) is 2.11. The van der Waals surface area contributed by atoms with Crippen molar-refractivity contribution in [2.24, 2.45) is 7.05 Å². The molecule has 0 radical (unpaired) electrons. The lowest BCUT2D eigenvalue weighted by molar-refractivity contribution is 0.0354. The number of H-pyrrole nitrogens is 1. The molecule has 5 aromatic rings. The standard InChI is InChI=1S/C40H44F2N6O4S/c1-47-25-32(30-15-18-43-38(30)40(47)50)31-24-29(10-13-35(31)52-36-12-9-26(41)23-33(36)42)53-22-6-5-21-51-28-16-19-48(20-17-28)37-14-11-34(45-46-37)39(49)44-27-7-3-2-4-8-27/h9-15,18,23-25,27-28,43H,2-8,16-17,19-22H2,1H3,(H,44,49). The third-order valence-electron chi connectivity index (χ3n) is 10.00. The van der Waals surface area contributed by atoms with E-state index in [1.807, 2.05) is 24.3 Å². The molecule has 0 atom stereocenters. The fraction of sp³-hybridized carbons (Fsp3) is 0.400. The number of benzene rings is 2. The number of hydrogen-bond acceptors (Lipinski definition) is 8. The fourth-order valence-corrected chi connectivity index (χ4v) is 8.02. The lowest BCUT2D eigenvalue weighted by Gasteiger charge is -2.32.